The number of aromatic nitrogens is 2. The van der Waals surface area contributed by atoms with Crippen LogP contribution in [0.3, 0.4) is 0 Å². The Morgan fingerprint density at radius 3 is 3.23 bits per heavy atom. The maximum absolute atomic E-state index is 11.0. The van der Waals surface area contributed by atoms with Crippen LogP contribution in [0, 0.1) is 0 Å². The minimum absolute atomic E-state index is 0.0325. The van der Waals surface area contributed by atoms with E-state index in [1.54, 1.807) is 0 Å². The average molecular weight is 219 g/mol. The van der Waals surface area contributed by atoms with Gasteiger partial charge in [0, 0.05) is 6.54 Å². The Hall–Kier alpha value is -0.660. The molecule has 1 heterocycles. The summed E-state index contributed by atoms with van der Waals surface area (Å²) < 4.78 is 4.58. The maximum Gasteiger partial charge on any atom is 0.230 e. The highest BCUT2D eigenvalue weighted by Gasteiger charge is 2.03. The number of thioether (sulfide) groups is 1. The van der Waals surface area contributed by atoms with Gasteiger partial charge in [-0.3, -0.25) is 4.79 Å². The van der Waals surface area contributed by atoms with Crippen LogP contribution in [-0.4, -0.2) is 39.3 Å². The monoisotopic (exact) mass is 219 g/mol. The summed E-state index contributed by atoms with van der Waals surface area (Å²) in [4.78, 5) is 14.9. The Labute approximate surface area is 83.7 Å². The van der Waals surface area contributed by atoms with Gasteiger partial charge in [0.2, 0.25) is 5.91 Å². The van der Waals surface area contributed by atoms with E-state index in [-0.39, 0.29) is 12.5 Å². The van der Waals surface area contributed by atoms with Gasteiger partial charge in [0.25, 0.3) is 0 Å². The molecule has 0 aliphatic rings. The van der Waals surface area contributed by atoms with Gasteiger partial charge in [-0.25, -0.2) is 4.98 Å². The van der Waals surface area contributed by atoms with Crippen molar-refractivity contribution in [2.75, 3.05) is 18.9 Å². The Morgan fingerprint density at radius 1 is 1.77 bits per heavy atom. The van der Waals surface area contributed by atoms with Crippen LogP contribution in [0.25, 0.3) is 0 Å². The Kier molecular flexibility index (Phi) is 4.73. The molecule has 7 heteroatoms. The summed E-state index contributed by atoms with van der Waals surface area (Å²) in [5.74, 6) is 0.212. The van der Waals surface area contributed by atoms with Gasteiger partial charge in [-0.2, -0.15) is 4.37 Å². The van der Waals surface area contributed by atoms with Crippen LogP contribution < -0.4 is 5.32 Å². The molecule has 2 N–H and O–H groups in total. The van der Waals surface area contributed by atoms with Gasteiger partial charge in [0.05, 0.1) is 12.4 Å². The topological polar surface area (TPSA) is 75.1 Å². The number of carbonyl (C=O) groups is 1. The molecule has 0 aliphatic heterocycles. The van der Waals surface area contributed by atoms with Crippen LogP contribution in [0.15, 0.2) is 10.7 Å². The third-order valence-electron chi connectivity index (χ3n) is 1.10. The lowest BCUT2D eigenvalue weighted by atomic mass is 10.6. The molecule has 0 bridgehead atoms. The summed E-state index contributed by atoms with van der Waals surface area (Å²) in [6.07, 6.45) is 1.46. The van der Waals surface area contributed by atoms with E-state index in [4.69, 9.17) is 5.11 Å². The first kappa shape index (κ1) is 10.4. The van der Waals surface area contributed by atoms with Gasteiger partial charge in [0.1, 0.15) is 6.33 Å². The van der Waals surface area contributed by atoms with Crippen molar-refractivity contribution in [1.29, 1.82) is 0 Å². The molecule has 5 nitrogen and oxygen atoms in total. The van der Waals surface area contributed by atoms with E-state index in [2.05, 4.69) is 14.7 Å². The number of amides is 1. The number of nitrogens with one attached hydrogen (secondary N) is 1. The van der Waals surface area contributed by atoms with Gasteiger partial charge in [-0.1, -0.05) is 11.8 Å². The van der Waals surface area contributed by atoms with E-state index >= 15 is 0 Å². The smallest absolute Gasteiger partial charge is 0.230 e. The molecule has 0 radical (unpaired) electrons. The molecule has 0 unspecified atom stereocenters. The van der Waals surface area contributed by atoms with E-state index in [0.29, 0.717) is 12.3 Å². The van der Waals surface area contributed by atoms with Crippen molar-refractivity contribution < 1.29 is 9.90 Å². The molecule has 13 heavy (non-hydrogen) atoms. The highest BCUT2D eigenvalue weighted by atomic mass is 32.2. The first-order valence-corrected chi connectivity index (χ1v) is 5.36. The van der Waals surface area contributed by atoms with Gasteiger partial charge in [-0.15, -0.1) is 0 Å². The second-order valence-corrected chi connectivity index (χ2v) is 4.07. The van der Waals surface area contributed by atoms with Crippen molar-refractivity contribution in [3.63, 3.8) is 0 Å². The second kappa shape index (κ2) is 5.90. The molecule has 0 aromatic carbocycles. The van der Waals surface area contributed by atoms with Crippen molar-refractivity contribution in [3.05, 3.63) is 6.33 Å². The van der Waals surface area contributed by atoms with Gasteiger partial charge in [-0.05, 0) is 11.5 Å². The fourth-order valence-corrected chi connectivity index (χ4v) is 1.87. The van der Waals surface area contributed by atoms with Gasteiger partial charge >= 0.3 is 0 Å². The molecule has 0 spiro atoms. The lowest BCUT2D eigenvalue weighted by Crippen LogP contribution is -2.27. The van der Waals surface area contributed by atoms with Crippen LogP contribution in [0.4, 0.5) is 0 Å². The number of carbonyl (C=O) groups excluding carboxylic acids is 1. The molecule has 0 aliphatic carbocycles. The minimum atomic E-state index is -0.103. The molecule has 0 saturated heterocycles. The quantitative estimate of drug-likeness (QED) is 0.667. The molecular weight excluding hydrogens is 210 g/mol. The normalized spacial score (nSPS) is 9.92. The number of hydrogen-bond donors (Lipinski definition) is 2. The zero-order valence-electron chi connectivity index (χ0n) is 6.77. The van der Waals surface area contributed by atoms with E-state index < -0.39 is 0 Å². The van der Waals surface area contributed by atoms with Crippen molar-refractivity contribution in [2.45, 2.75) is 4.34 Å². The lowest BCUT2D eigenvalue weighted by molar-refractivity contribution is -0.118. The molecule has 1 rings (SSSR count). The minimum Gasteiger partial charge on any atom is -0.395 e. The SMILES string of the molecule is O=C(CSc1ncns1)NCCO. The highest BCUT2D eigenvalue weighted by Crippen LogP contribution is 2.17. The molecule has 0 fully saturated rings. The number of hydrogen-bond acceptors (Lipinski definition) is 6. The van der Waals surface area contributed by atoms with Crippen molar-refractivity contribution >= 4 is 29.2 Å². The molecular formula is C6H9N3O2S2. The largest absolute Gasteiger partial charge is 0.395 e. The molecule has 1 amide bonds. The zero-order chi connectivity index (χ0) is 9.52. The predicted molar refractivity (Wildman–Crippen MR) is 50.7 cm³/mol. The second-order valence-electron chi connectivity index (χ2n) is 2.07. The maximum atomic E-state index is 11.0. The van der Waals surface area contributed by atoms with E-state index in [9.17, 15) is 4.79 Å². The van der Waals surface area contributed by atoms with E-state index in [0.717, 1.165) is 4.34 Å². The van der Waals surface area contributed by atoms with Crippen molar-refractivity contribution in [1.82, 2.24) is 14.7 Å². The van der Waals surface area contributed by atoms with E-state index in [1.807, 2.05) is 0 Å². The van der Waals surface area contributed by atoms with Crippen molar-refractivity contribution in [3.8, 4) is 0 Å². The highest BCUT2D eigenvalue weighted by molar-refractivity contribution is 8.01. The molecule has 0 saturated carbocycles. The zero-order valence-corrected chi connectivity index (χ0v) is 8.40. The first-order chi connectivity index (χ1) is 6.33. The fourth-order valence-electron chi connectivity index (χ4n) is 0.600. The summed E-state index contributed by atoms with van der Waals surface area (Å²) in [7, 11) is 0. The summed E-state index contributed by atoms with van der Waals surface area (Å²) in [5, 5.41) is 11.0. The van der Waals surface area contributed by atoms with Crippen LogP contribution >= 0.6 is 23.3 Å². The summed E-state index contributed by atoms with van der Waals surface area (Å²) in [6, 6.07) is 0. The number of aliphatic hydroxyl groups is 1. The third kappa shape index (κ3) is 4.20. The third-order valence-corrected chi connectivity index (χ3v) is 2.90. The number of rotatable bonds is 5. The van der Waals surface area contributed by atoms with Gasteiger partial charge in [0.15, 0.2) is 4.34 Å². The fraction of sp³-hybridized carbons (Fsp3) is 0.500. The van der Waals surface area contributed by atoms with E-state index in [1.165, 1.54) is 29.6 Å². The van der Waals surface area contributed by atoms with Crippen LogP contribution in [0.2, 0.25) is 0 Å². The van der Waals surface area contributed by atoms with Crippen molar-refractivity contribution in [2.24, 2.45) is 0 Å². The van der Waals surface area contributed by atoms with Crippen LogP contribution in [0.5, 0.6) is 0 Å². The summed E-state index contributed by atoms with van der Waals surface area (Å²) in [6.45, 7) is 0.269. The first-order valence-electron chi connectivity index (χ1n) is 3.60. The summed E-state index contributed by atoms with van der Waals surface area (Å²) in [5.41, 5.74) is 0. The molecule has 72 valence electrons. The summed E-state index contributed by atoms with van der Waals surface area (Å²) >= 11 is 2.60. The van der Waals surface area contributed by atoms with Crippen LogP contribution in [0.1, 0.15) is 0 Å². The Bertz CT molecular complexity index is 252. The molecule has 1 aromatic heterocycles. The average Bonchev–Trinajstić information content (AvgIpc) is 2.64. The Morgan fingerprint density at radius 2 is 2.62 bits per heavy atom. The van der Waals surface area contributed by atoms with Crippen LogP contribution in [-0.2, 0) is 4.79 Å². The molecule has 0 atom stereocenters. The van der Waals surface area contributed by atoms with Gasteiger partial charge < -0.3 is 10.4 Å². The Balaban J connectivity index is 2.15. The predicted octanol–water partition coefficient (Wildman–Crippen LogP) is -0.261. The molecule has 1 aromatic rings. The lowest BCUT2D eigenvalue weighted by Gasteiger charge is -1.99. The standard InChI is InChI=1S/C6H9N3O2S2/c10-2-1-7-5(11)3-12-6-8-4-9-13-6/h4,10H,1-3H2,(H,7,11). The number of aliphatic hydroxyl groups excluding tert-OH is 1. The number of nitrogens with zero attached hydrogens (tertiary/aromatic N) is 2.